The maximum Gasteiger partial charge on any atom is 0.167 e. The molecule has 0 N–H and O–H groups in total. The molecule has 0 atom stereocenters. The van der Waals surface area contributed by atoms with E-state index in [4.69, 9.17) is 9.47 Å². The number of benzene rings is 4. The van der Waals surface area contributed by atoms with Crippen LogP contribution >= 0.6 is 0 Å². The minimum absolute atomic E-state index is 0.112. The standard InChI is InChI=1S/C30H25F3O2/c1-3-4-17-34-25-14-16-26(28(31)18-25)21-9-12-24(13-10-21)35-19-23-11-15-27(30(33)29(23)32)22-7-5-20(2)6-8-22/h3,5-16,18H,1,4,17,19H2,2H3. The lowest BCUT2D eigenvalue weighted by Crippen LogP contribution is -2.02. The Hall–Kier alpha value is -3.99. The number of ether oxygens (including phenoxy) is 2. The maximum atomic E-state index is 14.7. The fraction of sp³-hybridized carbons (Fsp3) is 0.133. The van der Waals surface area contributed by atoms with Crippen molar-refractivity contribution in [3.8, 4) is 33.8 Å². The summed E-state index contributed by atoms with van der Waals surface area (Å²) in [5.74, 6) is -1.33. The predicted molar refractivity (Wildman–Crippen MR) is 133 cm³/mol. The first-order valence-electron chi connectivity index (χ1n) is 11.3. The summed E-state index contributed by atoms with van der Waals surface area (Å²) in [6, 6.07) is 21.8. The summed E-state index contributed by atoms with van der Waals surface area (Å²) >= 11 is 0. The largest absolute Gasteiger partial charge is 0.493 e. The van der Waals surface area contributed by atoms with Gasteiger partial charge in [0.05, 0.1) is 6.61 Å². The van der Waals surface area contributed by atoms with Crippen LogP contribution in [0.25, 0.3) is 22.3 Å². The minimum Gasteiger partial charge on any atom is -0.493 e. The van der Waals surface area contributed by atoms with E-state index in [2.05, 4.69) is 6.58 Å². The van der Waals surface area contributed by atoms with Crippen LogP contribution in [0.5, 0.6) is 11.5 Å². The van der Waals surface area contributed by atoms with E-state index in [-0.39, 0.29) is 17.7 Å². The van der Waals surface area contributed by atoms with Crippen LogP contribution in [0.1, 0.15) is 17.5 Å². The molecule has 5 heteroatoms. The van der Waals surface area contributed by atoms with Gasteiger partial charge in [-0.3, -0.25) is 0 Å². The molecule has 0 radical (unpaired) electrons. The van der Waals surface area contributed by atoms with Gasteiger partial charge in [0, 0.05) is 22.8 Å². The van der Waals surface area contributed by atoms with Gasteiger partial charge in [-0.05, 0) is 48.7 Å². The summed E-state index contributed by atoms with van der Waals surface area (Å²) in [6.07, 6.45) is 2.41. The van der Waals surface area contributed by atoms with Crippen molar-refractivity contribution in [2.45, 2.75) is 20.0 Å². The molecule has 0 saturated carbocycles. The second kappa shape index (κ2) is 11.0. The molecular formula is C30H25F3O2. The van der Waals surface area contributed by atoms with Gasteiger partial charge >= 0.3 is 0 Å². The van der Waals surface area contributed by atoms with Crippen molar-refractivity contribution in [2.75, 3.05) is 6.61 Å². The molecule has 0 saturated heterocycles. The summed E-state index contributed by atoms with van der Waals surface area (Å²) < 4.78 is 55.1. The van der Waals surface area contributed by atoms with E-state index in [0.29, 0.717) is 41.2 Å². The van der Waals surface area contributed by atoms with Crippen molar-refractivity contribution >= 4 is 0 Å². The predicted octanol–water partition coefficient (Wildman–Crippen LogP) is 8.28. The van der Waals surface area contributed by atoms with Crippen molar-refractivity contribution in [3.05, 3.63) is 120 Å². The monoisotopic (exact) mass is 474 g/mol. The minimum atomic E-state index is -0.933. The lowest BCUT2D eigenvalue weighted by molar-refractivity contribution is 0.297. The van der Waals surface area contributed by atoms with Crippen LogP contribution in [0, 0.1) is 24.4 Å². The third-order valence-corrected chi connectivity index (χ3v) is 5.62. The number of halogens is 3. The van der Waals surface area contributed by atoms with Gasteiger partial charge in [0.25, 0.3) is 0 Å². The zero-order valence-corrected chi connectivity index (χ0v) is 19.4. The Labute approximate surface area is 203 Å². The summed E-state index contributed by atoms with van der Waals surface area (Å²) in [4.78, 5) is 0. The average Bonchev–Trinajstić information content (AvgIpc) is 2.86. The summed E-state index contributed by atoms with van der Waals surface area (Å²) in [5, 5.41) is 0. The van der Waals surface area contributed by atoms with Gasteiger partial charge in [-0.1, -0.05) is 60.2 Å². The molecular weight excluding hydrogens is 449 g/mol. The first-order valence-corrected chi connectivity index (χ1v) is 11.3. The zero-order valence-electron chi connectivity index (χ0n) is 19.4. The van der Waals surface area contributed by atoms with Crippen molar-refractivity contribution in [2.24, 2.45) is 0 Å². The van der Waals surface area contributed by atoms with Crippen LogP contribution in [-0.2, 0) is 6.61 Å². The molecule has 4 rings (SSSR count). The highest BCUT2D eigenvalue weighted by molar-refractivity contribution is 5.66. The summed E-state index contributed by atoms with van der Waals surface area (Å²) in [7, 11) is 0. The molecule has 0 spiro atoms. The molecule has 0 aliphatic heterocycles. The van der Waals surface area contributed by atoms with Gasteiger partial charge in [-0.2, -0.15) is 0 Å². The van der Waals surface area contributed by atoms with Gasteiger partial charge < -0.3 is 9.47 Å². The Morgan fingerprint density at radius 2 is 1.34 bits per heavy atom. The molecule has 35 heavy (non-hydrogen) atoms. The molecule has 4 aromatic carbocycles. The van der Waals surface area contributed by atoms with E-state index < -0.39 is 17.5 Å². The number of hydrogen-bond acceptors (Lipinski definition) is 2. The second-order valence-electron chi connectivity index (χ2n) is 8.15. The van der Waals surface area contributed by atoms with Gasteiger partial charge in [-0.15, -0.1) is 6.58 Å². The van der Waals surface area contributed by atoms with Crippen molar-refractivity contribution < 1.29 is 22.6 Å². The molecule has 2 nitrogen and oxygen atoms in total. The Kier molecular flexibility index (Phi) is 7.56. The molecule has 0 aliphatic carbocycles. The van der Waals surface area contributed by atoms with E-state index in [9.17, 15) is 13.2 Å². The van der Waals surface area contributed by atoms with Crippen molar-refractivity contribution in [1.82, 2.24) is 0 Å². The maximum absolute atomic E-state index is 14.7. The molecule has 0 heterocycles. The lowest BCUT2D eigenvalue weighted by atomic mass is 10.0. The van der Waals surface area contributed by atoms with Crippen molar-refractivity contribution in [3.63, 3.8) is 0 Å². The quantitative estimate of drug-likeness (QED) is 0.179. The molecule has 4 aromatic rings. The van der Waals surface area contributed by atoms with Crippen LogP contribution in [0.4, 0.5) is 13.2 Å². The number of hydrogen-bond donors (Lipinski definition) is 0. The first-order chi connectivity index (χ1) is 17.0. The average molecular weight is 475 g/mol. The number of aryl methyl sites for hydroxylation is 1. The highest BCUT2D eigenvalue weighted by Gasteiger charge is 2.15. The topological polar surface area (TPSA) is 18.5 Å². The molecule has 0 bridgehead atoms. The third kappa shape index (κ3) is 5.75. The van der Waals surface area contributed by atoms with Gasteiger partial charge in [0.2, 0.25) is 0 Å². The van der Waals surface area contributed by atoms with Crippen LogP contribution < -0.4 is 9.47 Å². The summed E-state index contributed by atoms with van der Waals surface area (Å²) in [6.45, 7) is 5.86. The SMILES string of the molecule is C=CCCOc1ccc(-c2ccc(OCc3ccc(-c4ccc(C)cc4)c(F)c3F)cc2)c(F)c1. The smallest absolute Gasteiger partial charge is 0.167 e. The van der Waals surface area contributed by atoms with Crippen LogP contribution in [0.15, 0.2) is 91.5 Å². The van der Waals surface area contributed by atoms with Gasteiger partial charge in [0.15, 0.2) is 11.6 Å². The fourth-order valence-corrected chi connectivity index (χ4v) is 3.63. The molecule has 0 unspecified atom stereocenters. The molecule has 178 valence electrons. The molecule has 0 aromatic heterocycles. The zero-order chi connectivity index (χ0) is 24.8. The Morgan fingerprint density at radius 3 is 2.03 bits per heavy atom. The molecule has 0 amide bonds. The Morgan fingerprint density at radius 1 is 0.714 bits per heavy atom. The Balaban J connectivity index is 1.43. The van der Waals surface area contributed by atoms with Crippen molar-refractivity contribution in [1.29, 1.82) is 0 Å². The third-order valence-electron chi connectivity index (χ3n) is 5.62. The highest BCUT2D eigenvalue weighted by atomic mass is 19.2. The van der Waals surface area contributed by atoms with Crippen LogP contribution in [0.2, 0.25) is 0 Å². The van der Waals surface area contributed by atoms with Gasteiger partial charge in [-0.25, -0.2) is 13.2 Å². The normalized spacial score (nSPS) is 10.7. The fourth-order valence-electron chi connectivity index (χ4n) is 3.63. The Bertz CT molecular complexity index is 1310. The van der Waals surface area contributed by atoms with E-state index in [0.717, 1.165) is 5.56 Å². The van der Waals surface area contributed by atoms with E-state index >= 15 is 0 Å². The van der Waals surface area contributed by atoms with Crippen LogP contribution in [0.3, 0.4) is 0 Å². The molecule has 0 aliphatic rings. The van der Waals surface area contributed by atoms with E-state index in [1.54, 1.807) is 60.7 Å². The highest BCUT2D eigenvalue weighted by Crippen LogP contribution is 2.30. The first kappa shape index (κ1) is 24.1. The van der Waals surface area contributed by atoms with Gasteiger partial charge in [0.1, 0.15) is 23.9 Å². The number of rotatable bonds is 9. The van der Waals surface area contributed by atoms with E-state index in [1.165, 1.54) is 12.1 Å². The van der Waals surface area contributed by atoms with Crippen LogP contribution in [-0.4, -0.2) is 6.61 Å². The lowest BCUT2D eigenvalue weighted by Gasteiger charge is -2.12. The molecule has 0 fully saturated rings. The van der Waals surface area contributed by atoms with E-state index in [1.807, 2.05) is 19.1 Å². The summed E-state index contributed by atoms with van der Waals surface area (Å²) in [5.41, 5.74) is 3.05. The second-order valence-corrected chi connectivity index (χ2v) is 8.15.